The molecule has 1 aliphatic rings. The monoisotopic (exact) mass is 294 g/mol. The van der Waals surface area contributed by atoms with E-state index in [-0.39, 0.29) is 11.6 Å². The molecule has 1 saturated heterocycles. The molecule has 1 fully saturated rings. The minimum Gasteiger partial charge on any atom is -0.450 e. The summed E-state index contributed by atoms with van der Waals surface area (Å²) < 4.78 is 7.31. The molecule has 0 aromatic carbocycles. The average molecular weight is 294 g/mol. The van der Waals surface area contributed by atoms with Crippen LogP contribution in [0.1, 0.15) is 45.3 Å². The summed E-state index contributed by atoms with van der Waals surface area (Å²) in [5.41, 5.74) is 1.06. The van der Waals surface area contributed by atoms with Crippen LogP contribution >= 0.6 is 0 Å². The van der Waals surface area contributed by atoms with Crippen LogP contribution in [0.4, 0.5) is 4.79 Å². The number of hydrogen-bond donors (Lipinski definition) is 1. The molecule has 0 aliphatic carbocycles. The molecule has 21 heavy (non-hydrogen) atoms. The Kier molecular flexibility index (Phi) is 4.88. The molecule has 1 aliphatic heterocycles. The van der Waals surface area contributed by atoms with Crippen LogP contribution < -0.4 is 5.32 Å². The van der Waals surface area contributed by atoms with E-state index < -0.39 is 0 Å². The fourth-order valence-corrected chi connectivity index (χ4v) is 2.75. The molecule has 0 unspecified atom stereocenters. The van der Waals surface area contributed by atoms with Crippen LogP contribution in [0.3, 0.4) is 0 Å². The number of piperidine rings is 1. The first-order chi connectivity index (χ1) is 9.99. The maximum absolute atomic E-state index is 11.7. The Labute approximate surface area is 126 Å². The third kappa shape index (κ3) is 3.37. The first kappa shape index (κ1) is 15.8. The lowest BCUT2D eigenvalue weighted by Crippen LogP contribution is -2.41. The van der Waals surface area contributed by atoms with E-state index in [4.69, 9.17) is 4.74 Å². The van der Waals surface area contributed by atoms with Gasteiger partial charge < -0.3 is 19.5 Å². The van der Waals surface area contributed by atoms with Crippen LogP contribution in [0.5, 0.6) is 0 Å². The molecular weight excluding hydrogens is 268 g/mol. The van der Waals surface area contributed by atoms with E-state index in [1.807, 2.05) is 26.5 Å². The molecule has 0 bridgehead atoms. The van der Waals surface area contributed by atoms with E-state index in [2.05, 4.69) is 28.7 Å². The lowest BCUT2D eigenvalue weighted by Gasteiger charge is -2.35. The molecule has 1 aromatic heterocycles. The van der Waals surface area contributed by atoms with E-state index >= 15 is 0 Å². The van der Waals surface area contributed by atoms with Gasteiger partial charge in [0, 0.05) is 19.1 Å². The molecule has 1 aromatic rings. The van der Waals surface area contributed by atoms with Gasteiger partial charge in [0.25, 0.3) is 0 Å². The summed E-state index contributed by atoms with van der Waals surface area (Å²) >= 11 is 0. The van der Waals surface area contributed by atoms with Gasteiger partial charge in [-0.25, -0.2) is 9.78 Å². The number of carbonyl (C=O) groups is 1. The predicted molar refractivity (Wildman–Crippen MR) is 81.2 cm³/mol. The number of nitrogens with one attached hydrogen (secondary N) is 1. The molecule has 6 nitrogen and oxygen atoms in total. The molecule has 1 amide bonds. The van der Waals surface area contributed by atoms with Gasteiger partial charge in [0.2, 0.25) is 0 Å². The van der Waals surface area contributed by atoms with Crippen molar-refractivity contribution in [2.45, 2.75) is 45.2 Å². The van der Waals surface area contributed by atoms with Gasteiger partial charge in [-0.05, 0) is 40.7 Å². The van der Waals surface area contributed by atoms with Crippen LogP contribution in [-0.2, 0) is 10.3 Å². The maximum Gasteiger partial charge on any atom is 0.409 e. The molecule has 0 atom stereocenters. The molecule has 6 heteroatoms. The van der Waals surface area contributed by atoms with Gasteiger partial charge in [0.15, 0.2) is 0 Å². The SMILES string of the molecule is CCOC(=O)N1CCC(n2cncc2C(C)(C)NC)CC1. The lowest BCUT2D eigenvalue weighted by molar-refractivity contribution is 0.0920. The highest BCUT2D eigenvalue weighted by Gasteiger charge is 2.29. The van der Waals surface area contributed by atoms with Crippen LogP contribution in [-0.4, -0.2) is 47.3 Å². The highest BCUT2D eigenvalue weighted by atomic mass is 16.6. The number of aromatic nitrogens is 2. The second-order valence-electron chi connectivity index (χ2n) is 5.98. The number of ether oxygens (including phenoxy) is 1. The highest BCUT2D eigenvalue weighted by molar-refractivity contribution is 5.67. The Morgan fingerprint density at radius 3 is 2.71 bits per heavy atom. The van der Waals surface area contributed by atoms with Crippen molar-refractivity contribution in [2.75, 3.05) is 26.7 Å². The van der Waals surface area contributed by atoms with E-state index in [9.17, 15) is 4.79 Å². The number of amides is 1. The average Bonchev–Trinajstić information content (AvgIpc) is 2.98. The second kappa shape index (κ2) is 6.47. The number of hydrogen-bond acceptors (Lipinski definition) is 4. The Hall–Kier alpha value is -1.56. The van der Waals surface area contributed by atoms with E-state index in [1.165, 1.54) is 5.69 Å². The number of carbonyl (C=O) groups excluding carboxylic acids is 1. The zero-order valence-electron chi connectivity index (χ0n) is 13.4. The molecule has 118 valence electrons. The van der Waals surface area contributed by atoms with E-state index in [0.717, 1.165) is 25.9 Å². The summed E-state index contributed by atoms with van der Waals surface area (Å²) in [6.07, 6.45) is 5.49. The summed E-state index contributed by atoms with van der Waals surface area (Å²) in [6.45, 7) is 8.04. The van der Waals surface area contributed by atoms with Crippen molar-refractivity contribution in [2.24, 2.45) is 0 Å². The summed E-state index contributed by atoms with van der Waals surface area (Å²) in [5.74, 6) is 0. The van der Waals surface area contributed by atoms with Crippen molar-refractivity contribution in [3.63, 3.8) is 0 Å². The minimum absolute atomic E-state index is 0.116. The standard InChI is InChI=1S/C15H26N4O2/c1-5-21-14(20)18-8-6-12(7-9-18)19-11-17-10-13(19)15(2,3)16-4/h10-12,16H,5-9H2,1-4H3. The molecule has 2 heterocycles. The van der Waals surface area contributed by atoms with Gasteiger partial charge in [0.1, 0.15) is 0 Å². The quantitative estimate of drug-likeness (QED) is 0.924. The summed E-state index contributed by atoms with van der Waals surface area (Å²) in [4.78, 5) is 17.8. The molecular formula is C15H26N4O2. The molecule has 1 N–H and O–H groups in total. The molecule has 0 saturated carbocycles. The van der Waals surface area contributed by atoms with E-state index in [1.54, 1.807) is 4.90 Å². The smallest absolute Gasteiger partial charge is 0.409 e. The highest BCUT2D eigenvalue weighted by Crippen LogP contribution is 2.28. The van der Waals surface area contributed by atoms with Crippen LogP contribution in [0.25, 0.3) is 0 Å². The largest absolute Gasteiger partial charge is 0.450 e. The number of nitrogens with zero attached hydrogens (tertiary/aromatic N) is 3. The fraction of sp³-hybridized carbons (Fsp3) is 0.733. The van der Waals surface area contributed by atoms with Gasteiger partial charge in [-0.15, -0.1) is 0 Å². The number of rotatable bonds is 4. The maximum atomic E-state index is 11.7. The normalized spacial score (nSPS) is 17.0. The van der Waals surface area contributed by atoms with Crippen LogP contribution in [0.15, 0.2) is 12.5 Å². The van der Waals surface area contributed by atoms with Gasteiger partial charge in [0.05, 0.1) is 30.4 Å². The zero-order valence-corrected chi connectivity index (χ0v) is 13.4. The Bertz CT molecular complexity index is 476. The Balaban J connectivity index is 2.03. The van der Waals surface area contributed by atoms with Crippen molar-refractivity contribution in [1.82, 2.24) is 19.8 Å². The van der Waals surface area contributed by atoms with Gasteiger partial charge in [-0.1, -0.05) is 0 Å². The van der Waals surface area contributed by atoms with Crippen molar-refractivity contribution in [3.05, 3.63) is 18.2 Å². The fourth-order valence-electron chi connectivity index (χ4n) is 2.75. The first-order valence-electron chi connectivity index (χ1n) is 7.62. The van der Waals surface area contributed by atoms with Gasteiger partial charge >= 0.3 is 6.09 Å². The minimum atomic E-state index is -0.197. The van der Waals surface area contributed by atoms with E-state index in [0.29, 0.717) is 12.6 Å². The predicted octanol–water partition coefficient (Wildman–Crippen LogP) is 2.13. The lowest BCUT2D eigenvalue weighted by atomic mass is 9.99. The zero-order chi connectivity index (χ0) is 15.5. The second-order valence-corrected chi connectivity index (χ2v) is 5.98. The third-order valence-corrected chi connectivity index (χ3v) is 4.32. The summed E-state index contributed by atoms with van der Waals surface area (Å²) in [6, 6.07) is 0.390. The van der Waals surface area contributed by atoms with Crippen LogP contribution in [0.2, 0.25) is 0 Å². The topological polar surface area (TPSA) is 59.4 Å². The molecule has 2 rings (SSSR count). The summed E-state index contributed by atoms with van der Waals surface area (Å²) in [5, 5.41) is 3.32. The molecule has 0 spiro atoms. The van der Waals surface area contributed by atoms with Gasteiger partial charge in [-0.2, -0.15) is 0 Å². The number of likely N-dealkylation sites (tertiary alicyclic amines) is 1. The van der Waals surface area contributed by atoms with Crippen molar-refractivity contribution in [3.8, 4) is 0 Å². The van der Waals surface area contributed by atoms with Crippen LogP contribution in [0, 0.1) is 0 Å². The first-order valence-corrected chi connectivity index (χ1v) is 7.62. The van der Waals surface area contributed by atoms with Crippen molar-refractivity contribution in [1.29, 1.82) is 0 Å². The molecule has 0 radical (unpaired) electrons. The number of imidazole rings is 1. The van der Waals surface area contributed by atoms with Crippen molar-refractivity contribution >= 4 is 6.09 Å². The van der Waals surface area contributed by atoms with Gasteiger partial charge in [-0.3, -0.25) is 0 Å². The Morgan fingerprint density at radius 1 is 1.48 bits per heavy atom. The Morgan fingerprint density at radius 2 is 2.14 bits per heavy atom. The summed E-state index contributed by atoms with van der Waals surface area (Å²) in [7, 11) is 1.96. The third-order valence-electron chi connectivity index (χ3n) is 4.32. The van der Waals surface area contributed by atoms with Crippen molar-refractivity contribution < 1.29 is 9.53 Å².